The lowest BCUT2D eigenvalue weighted by atomic mass is 9.93. The lowest BCUT2D eigenvalue weighted by Crippen LogP contribution is -2.31. The van der Waals surface area contributed by atoms with Gasteiger partial charge in [0, 0.05) is 35.1 Å². The fraction of sp³-hybridized carbons (Fsp3) is 0.414. The normalized spacial score (nSPS) is 21.7. The lowest BCUT2D eigenvalue weighted by Gasteiger charge is -2.19. The van der Waals surface area contributed by atoms with Crippen molar-refractivity contribution in [3.63, 3.8) is 0 Å². The number of halogens is 2. The van der Waals surface area contributed by atoms with Crippen LogP contribution in [0, 0.1) is 5.92 Å². The predicted octanol–water partition coefficient (Wildman–Crippen LogP) is 5.09. The number of carbonyl (C=O) groups excluding carboxylic acids is 1. The molecular formula is C29H31ClFN5O2. The van der Waals surface area contributed by atoms with E-state index in [0.717, 1.165) is 48.2 Å². The van der Waals surface area contributed by atoms with E-state index in [-0.39, 0.29) is 12.6 Å². The van der Waals surface area contributed by atoms with Gasteiger partial charge in [0.05, 0.1) is 5.52 Å². The number of carbonyl (C=O) groups is 1. The fourth-order valence-electron chi connectivity index (χ4n) is 5.92. The van der Waals surface area contributed by atoms with Gasteiger partial charge in [-0.1, -0.05) is 36.4 Å². The quantitative estimate of drug-likeness (QED) is 0.293. The second-order valence-electron chi connectivity index (χ2n) is 10.6. The molecule has 0 bridgehead atoms. The molecule has 198 valence electrons. The molecule has 7 nitrogen and oxygen atoms in total. The van der Waals surface area contributed by atoms with Crippen molar-refractivity contribution < 1.29 is 13.9 Å². The van der Waals surface area contributed by atoms with E-state index in [1.165, 1.54) is 23.1 Å². The summed E-state index contributed by atoms with van der Waals surface area (Å²) in [4.78, 5) is 23.2. The number of likely N-dealkylation sites (N-methyl/N-ethyl adjacent to an activating group) is 1. The number of nitrogens with zero attached hydrogens (tertiary/aromatic N) is 3. The number of fused-ring (bicyclic) bond motifs is 4. The van der Waals surface area contributed by atoms with Gasteiger partial charge in [-0.2, -0.15) is 9.97 Å². The van der Waals surface area contributed by atoms with Crippen LogP contribution in [0.15, 0.2) is 42.7 Å². The molecule has 2 aliphatic carbocycles. The van der Waals surface area contributed by atoms with E-state index in [1.54, 1.807) is 0 Å². The highest BCUT2D eigenvalue weighted by atomic mass is 35.5. The minimum Gasteiger partial charge on any atom is -0.462 e. The molecule has 3 aromatic rings. The van der Waals surface area contributed by atoms with Crippen molar-refractivity contribution in [3.05, 3.63) is 58.9 Å². The first kappa shape index (κ1) is 25.1. The lowest BCUT2D eigenvalue weighted by molar-refractivity contribution is -0.118. The molecule has 3 atom stereocenters. The summed E-state index contributed by atoms with van der Waals surface area (Å²) in [6.07, 6.45) is 4.63. The van der Waals surface area contributed by atoms with Crippen LogP contribution in [-0.4, -0.2) is 60.1 Å². The first-order valence-electron chi connectivity index (χ1n) is 13.2. The number of hydrogen-bond acceptors (Lipinski definition) is 6. The minimum atomic E-state index is -1.02. The number of amides is 1. The molecule has 2 unspecified atom stereocenters. The van der Waals surface area contributed by atoms with Crippen molar-refractivity contribution in [1.82, 2.24) is 20.2 Å². The summed E-state index contributed by atoms with van der Waals surface area (Å²) in [5.74, 6) is 0.104. The Morgan fingerprint density at radius 1 is 1.26 bits per heavy atom. The summed E-state index contributed by atoms with van der Waals surface area (Å²) in [6.45, 7) is 5.10. The zero-order valence-electron chi connectivity index (χ0n) is 21.4. The van der Waals surface area contributed by atoms with Crippen LogP contribution in [0.3, 0.4) is 0 Å². The zero-order chi connectivity index (χ0) is 26.4. The molecule has 9 heteroatoms. The topological polar surface area (TPSA) is 79.4 Å². The summed E-state index contributed by atoms with van der Waals surface area (Å²) in [5.41, 5.74) is 5.71. The van der Waals surface area contributed by atoms with E-state index < -0.39 is 11.7 Å². The highest BCUT2D eigenvalue weighted by Crippen LogP contribution is 2.59. The highest BCUT2D eigenvalue weighted by Gasteiger charge is 2.46. The van der Waals surface area contributed by atoms with Crippen LogP contribution < -0.4 is 15.4 Å². The third-order valence-corrected chi connectivity index (χ3v) is 8.36. The van der Waals surface area contributed by atoms with Gasteiger partial charge in [0.15, 0.2) is 5.83 Å². The van der Waals surface area contributed by atoms with Crippen molar-refractivity contribution >= 4 is 34.2 Å². The van der Waals surface area contributed by atoms with Crippen LogP contribution in [0.4, 0.5) is 10.2 Å². The maximum Gasteiger partial charge on any atom is 0.318 e. The summed E-state index contributed by atoms with van der Waals surface area (Å²) in [5, 5.41) is 7.09. The molecule has 2 N–H and O–H groups in total. The van der Waals surface area contributed by atoms with Gasteiger partial charge in [-0.15, -0.1) is 0 Å². The Morgan fingerprint density at radius 3 is 2.92 bits per heavy atom. The van der Waals surface area contributed by atoms with E-state index >= 15 is 0 Å². The van der Waals surface area contributed by atoms with Gasteiger partial charge < -0.3 is 20.3 Å². The average molecular weight is 536 g/mol. The van der Waals surface area contributed by atoms with Crippen molar-refractivity contribution in [2.24, 2.45) is 5.92 Å². The Balaban J connectivity index is 1.33. The van der Waals surface area contributed by atoms with Gasteiger partial charge in [-0.25, -0.2) is 4.39 Å². The maximum atomic E-state index is 13.0. The summed E-state index contributed by atoms with van der Waals surface area (Å²) in [7, 11) is 2.10. The van der Waals surface area contributed by atoms with Crippen molar-refractivity contribution in [3.8, 4) is 17.1 Å². The van der Waals surface area contributed by atoms with Gasteiger partial charge >= 0.3 is 6.01 Å². The highest BCUT2D eigenvalue weighted by molar-refractivity contribution is 6.34. The average Bonchev–Trinajstić information content (AvgIpc) is 3.37. The number of aromatic nitrogens is 2. The van der Waals surface area contributed by atoms with E-state index in [2.05, 4.69) is 52.3 Å². The maximum absolute atomic E-state index is 13.0. The molecule has 6 rings (SSSR count). The van der Waals surface area contributed by atoms with Gasteiger partial charge in [-0.3, -0.25) is 4.79 Å². The molecule has 2 aromatic carbocycles. The standard InChI is InChI=1S/C29H31ClFN5O2/c1-16(31)28(37)33-9-8-32-27-23-13-24(30)22(20-7-3-5-17-11-18-12-21(18)26(17)20)14-25(23)34-29(35-27)38-15-19-6-4-10-36(19)2/h3,5,7,13-14,18-19,21H,1,4,6,8-12,15H2,2H3,(H,33,37)(H,32,34,35)/t18?,19-,21?/m0/s1. The molecule has 1 saturated carbocycles. The molecular weight excluding hydrogens is 505 g/mol. The van der Waals surface area contributed by atoms with Gasteiger partial charge in [-0.05, 0) is 79.9 Å². The Bertz CT molecular complexity index is 1430. The Labute approximate surface area is 226 Å². The molecule has 1 aliphatic heterocycles. The summed E-state index contributed by atoms with van der Waals surface area (Å²) >= 11 is 6.89. The zero-order valence-corrected chi connectivity index (χ0v) is 22.2. The molecule has 1 aromatic heterocycles. The molecule has 38 heavy (non-hydrogen) atoms. The Morgan fingerprint density at radius 2 is 2.13 bits per heavy atom. The summed E-state index contributed by atoms with van der Waals surface area (Å²) in [6, 6.07) is 11.0. The minimum absolute atomic E-state index is 0.195. The molecule has 0 radical (unpaired) electrons. The number of likely N-dealkylation sites (tertiary alicyclic amines) is 1. The fourth-order valence-corrected chi connectivity index (χ4v) is 6.19. The van der Waals surface area contributed by atoms with Gasteiger partial charge in [0.25, 0.3) is 5.91 Å². The molecule has 2 fully saturated rings. The predicted molar refractivity (Wildman–Crippen MR) is 147 cm³/mol. The van der Waals surface area contributed by atoms with Crippen molar-refractivity contribution in [2.75, 3.05) is 38.6 Å². The van der Waals surface area contributed by atoms with Gasteiger partial charge in [0.2, 0.25) is 0 Å². The second kappa shape index (κ2) is 10.2. The first-order valence-corrected chi connectivity index (χ1v) is 13.6. The number of nitrogens with one attached hydrogen (secondary N) is 2. The molecule has 0 spiro atoms. The van der Waals surface area contributed by atoms with E-state index in [9.17, 15) is 9.18 Å². The van der Waals surface area contributed by atoms with Crippen molar-refractivity contribution in [2.45, 2.75) is 37.6 Å². The van der Waals surface area contributed by atoms with Crippen LogP contribution in [-0.2, 0) is 11.2 Å². The number of hydrogen-bond donors (Lipinski definition) is 2. The third kappa shape index (κ3) is 4.83. The van der Waals surface area contributed by atoms with Crippen LogP contribution in [0.1, 0.15) is 36.3 Å². The number of benzene rings is 2. The molecule has 3 aliphatic rings. The van der Waals surface area contributed by atoms with Crippen LogP contribution in [0.5, 0.6) is 6.01 Å². The van der Waals surface area contributed by atoms with E-state index in [4.69, 9.17) is 21.3 Å². The van der Waals surface area contributed by atoms with Gasteiger partial charge in [0.1, 0.15) is 12.4 Å². The SMILES string of the molecule is C=C(F)C(=O)NCCNc1nc(OC[C@@H]2CCCN2C)nc2cc(-c3cccc4c3C3CC3C4)c(Cl)cc12. The second-order valence-corrected chi connectivity index (χ2v) is 11.0. The Kier molecular flexibility index (Phi) is 6.70. The molecule has 1 saturated heterocycles. The smallest absolute Gasteiger partial charge is 0.318 e. The van der Waals surface area contributed by atoms with Crippen LogP contribution in [0.25, 0.3) is 22.0 Å². The van der Waals surface area contributed by atoms with Crippen molar-refractivity contribution in [1.29, 1.82) is 0 Å². The summed E-state index contributed by atoms with van der Waals surface area (Å²) < 4.78 is 19.1. The first-order chi connectivity index (χ1) is 18.4. The van der Waals surface area contributed by atoms with E-state index in [0.29, 0.717) is 36.0 Å². The number of anilines is 1. The number of rotatable bonds is 9. The number of ether oxygens (including phenoxy) is 1. The molecule has 2 heterocycles. The van der Waals surface area contributed by atoms with E-state index in [1.807, 2.05) is 12.1 Å². The largest absolute Gasteiger partial charge is 0.462 e. The molecule has 1 amide bonds. The van der Waals surface area contributed by atoms with Crippen LogP contribution >= 0.6 is 11.6 Å². The van der Waals surface area contributed by atoms with Crippen LogP contribution in [0.2, 0.25) is 5.02 Å². The third-order valence-electron chi connectivity index (χ3n) is 8.05. The Hall–Kier alpha value is -3.23. The monoisotopic (exact) mass is 535 g/mol.